The molecule has 0 spiro atoms. The van der Waals surface area contributed by atoms with E-state index in [1.54, 1.807) is 0 Å². The average molecular weight is 316 g/mol. The van der Waals surface area contributed by atoms with Crippen LogP contribution in [0.5, 0.6) is 0 Å². The molecule has 0 aromatic heterocycles. The Morgan fingerprint density at radius 3 is 2.48 bits per heavy atom. The summed E-state index contributed by atoms with van der Waals surface area (Å²) in [5.41, 5.74) is 7.96. The van der Waals surface area contributed by atoms with Crippen LogP contribution in [0.1, 0.15) is 24.8 Å². The third-order valence-corrected chi connectivity index (χ3v) is 4.86. The molecule has 23 heavy (non-hydrogen) atoms. The monoisotopic (exact) mass is 316 g/mol. The van der Waals surface area contributed by atoms with Crippen molar-refractivity contribution in [1.82, 2.24) is 14.7 Å². The lowest BCUT2D eigenvalue weighted by Gasteiger charge is -2.24. The first kappa shape index (κ1) is 16.3. The molecule has 1 aromatic rings. The van der Waals surface area contributed by atoms with Crippen molar-refractivity contribution in [3.63, 3.8) is 0 Å². The van der Waals surface area contributed by atoms with E-state index in [4.69, 9.17) is 5.73 Å². The maximum absolute atomic E-state index is 12.3. The Labute approximate surface area is 139 Å². The zero-order valence-electron chi connectivity index (χ0n) is 13.9. The molecular weight excluding hydrogens is 288 g/mol. The van der Waals surface area contributed by atoms with Crippen molar-refractivity contribution in [3.8, 4) is 0 Å². The van der Waals surface area contributed by atoms with E-state index in [-0.39, 0.29) is 0 Å². The second kappa shape index (κ2) is 7.79. The summed E-state index contributed by atoms with van der Waals surface area (Å²) in [6, 6.07) is 8.14. The number of carbonyl (C=O) groups is 1. The molecule has 0 unspecified atom stereocenters. The van der Waals surface area contributed by atoms with Crippen LogP contribution in [-0.4, -0.2) is 66.4 Å². The van der Waals surface area contributed by atoms with Crippen LogP contribution in [0.3, 0.4) is 0 Å². The number of rotatable bonds is 4. The summed E-state index contributed by atoms with van der Waals surface area (Å²) in [6.45, 7) is 7.54. The Balaban J connectivity index is 1.48. The fourth-order valence-corrected chi connectivity index (χ4v) is 3.55. The van der Waals surface area contributed by atoms with E-state index in [0.29, 0.717) is 12.5 Å². The van der Waals surface area contributed by atoms with E-state index in [0.717, 1.165) is 57.9 Å². The Bertz CT molecular complexity index is 528. The maximum atomic E-state index is 12.3. The second-order valence-electron chi connectivity index (χ2n) is 6.74. The van der Waals surface area contributed by atoms with Gasteiger partial charge in [0.15, 0.2) is 0 Å². The first-order valence-corrected chi connectivity index (χ1v) is 8.77. The van der Waals surface area contributed by atoms with Crippen molar-refractivity contribution in [3.05, 3.63) is 29.8 Å². The van der Waals surface area contributed by atoms with Gasteiger partial charge in [0.25, 0.3) is 0 Å². The van der Waals surface area contributed by atoms with Gasteiger partial charge >= 0.3 is 0 Å². The molecule has 5 nitrogen and oxygen atoms in total. The maximum Gasteiger partial charge on any atom is 0.236 e. The predicted octanol–water partition coefficient (Wildman–Crippen LogP) is 1.40. The van der Waals surface area contributed by atoms with Crippen molar-refractivity contribution in [2.45, 2.75) is 25.8 Å². The largest absolute Gasteiger partial charge is 0.399 e. The van der Waals surface area contributed by atoms with Gasteiger partial charge in [-0.25, -0.2) is 0 Å². The highest BCUT2D eigenvalue weighted by Crippen LogP contribution is 2.13. The molecule has 1 aromatic carbocycles. The number of nitrogens with two attached hydrogens (primary N) is 1. The number of carbonyl (C=O) groups excluding carboxylic acids is 1. The van der Waals surface area contributed by atoms with Crippen molar-refractivity contribution >= 4 is 11.6 Å². The van der Waals surface area contributed by atoms with Gasteiger partial charge in [0.1, 0.15) is 0 Å². The van der Waals surface area contributed by atoms with Crippen molar-refractivity contribution in [1.29, 1.82) is 0 Å². The van der Waals surface area contributed by atoms with Crippen molar-refractivity contribution < 1.29 is 4.79 Å². The minimum atomic E-state index is 0.312. The number of hydrogen-bond acceptors (Lipinski definition) is 4. The molecule has 2 N–H and O–H groups in total. The summed E-state index contributed by atoms with van der Waals surface area (Å²) >= 11 is 0. The van der Waals surface area contributed by atoms with Crippen LogP contribution in [0.2, 0.25) is 0 Å². The highest BCUT2D eigenvalue weighted by atomic mass is 16.2. The third-order valence-electron chi connectivity index (χ3n) is 4.86. The molecule has 0 radical (unpaired) electrons. The van der Waals surface area contributed by atoms with Crippen LogP contribution in [-0.2, 0) is 11.3 Å². The number of nitrogen functional groups attached to an aromatic ring is 1. The lowest BCUT2D eigenvalue weighted by molar-refractivity contribution is -0.131. The summed E-state index contributed by atoms with van der Waals surface area (Å²) in [4.78, 5) is 19.1. The molecule has 0 aliphatic carbocycles. The summed E-state index contributed by atoms with van der Waals surface area (Å²) in [5.74, 6) is 0.312. The summed E-state index contributed by atoms with van der Waals surface area (Å²) in [7, 11) is 0. The number of amides is 1. The molecule has 2 fully saturated rings. The lowest BCUT2D eigenvalue weighted by Crippen LogP contribution is -2.40. The zero-order valence-corrected chi connectivity index (χ0v) is 13.9. The smallest absolute Gasteiger partial charge is 0.236 e. The molecule has 1 amide bonds. The highest BCUT2D eigenvalue weighted by Gasteiger charge is 2.22. The van der Waals surface area contributed by atoms with Gasteiger partial charge in [-0.15, -0.1) is 0 Å². The molecule has 0 saturated carbocycles. The van der Waals surface area contributed by atoms with Gasteiger partial charge in [-0.1, -0.05) is 12.1 Å². The zero-order chi connectivity index (χ0) is 16.1. The molecule has 126 valence electrons. The van der Waals surface area contributed by atoms with Gasteiger partial charge in [-0.2, -0.15) is 0 Å². The molecule has 0 bridgehead atoms. The van der Waals surface area contributed by atoms with Crippen LogP contribution in [0.4, 0.5) is 5.69 Å². The first-order valence-electron chi connectivity index (χ1n) is 8.77. The Morgan fingerprint density at radius 1 is 0.957 bits per heavy atom. The van der Waals surface area contributed by atoms with Gasteiger partial charge in [0.2, 0.25) is 5.91 Å². The highest BCUT2D eigenvalue weighted by molar-refractivity contribution is 5.78. The van der Waals surface area contributed by atoms with Gasteiger partial charge in [0.05, 0.1) is 6.54 Å². The third kappa shape index (κ3) is 4.69. The summed E-state index contributed by atoms with van der Waals surface area (Å²) in [6.07, 6.45) is 3.45. The second-order valence-corrected chi connectivity index (χ2v) is 6.74. The van der Waals surface area contributed by atoms with Crippen molar-refractivity contribution in [2.24, 2.45) is 0 Å². The standard InChI is InChI=1S/C18H28N4O/c19-17-6-3-5-16(13-17)14-20-7-4-8-21(12-11-20)15-18(23)22-9-1-2-10-22/h3,5-6,13H,1-2,4,7-12,14-15,19H2. The van der Waals surface area contributed by atoms with Crippen LogP contribution in [0, 0.1) is 0 Å². The van der Waals surface area contributed by atoms with Crippen molar-refractivity contribution in [2.75, 3.05) is 51.5 Å². The van der Waals surface area contributed by atoms with Crippen LogP contribution >= 0.6 is 0 Å². The first-order chi connectivity index (χ1) is 11.2. The number of benzene rings is 1. The van der Waals surface area contributed by atoms with E-state index in [9.17, 15) is 4.79 Å². The van der Waals surface area contributed by atoms with E-state index in [1.807, 2.05) is 17.0 Å². The average Bonchev–Trinajstić information content (AvgIpc) is 2.98. The quantitative estimate of drug-likeness (QED) is 0.853. The van der Waals surface area contributed by atoms with Gasteiger partial charge < -0.3 is 10.6 Å². The number of hydrogen-bond donors (Lipinski definition) is 1. The molecule has 2 aliphatic rings. The molecule has 2 aliphatic heterocycles. The van der Waals surface area contributed by atoms with Gasteiger partial charge in [0, 0.05) is 38.4 Å². The fourth-order valence-electron chi connectivity index (χ4n) is 3.55. The minimum Gasteiger partial charge on any atom is -0.399 e. The molecule has 2 saturated heterocycles. The number of likely N-dealkylation sites (tertiary alicyclic amines) is 1. The predicted molar refractivity (Wildman–Crippen MR) is 93.0 cm³/mol. The Morgan fingerprint density at radius 2 is 1.70 bits per heavy atom. The van der Waals surface area contributed by atoms with Crippen LogP contribution in [0.25, 0.3) is 0 Å². The fraction of sp³-hybridized carbons (Fsp3) is 0.611. The van der Waals surface area contributed by atoms with E-state index in [1.165, 1.54) is 18.4 Å². The molecule has 0 atom stereocenters. The molecular formula is C18H28N4O. The van der Waals surface area contributed by atoms with E-state index >= 15 is 0 Å². The topological polar surface area (TPSA) is 52.8 Å². The van der Waals surface area contributed by atoms with Gasteiger partial charge in [-0.05, 0) is 50.0 Å². The SMILES string of the molecule is Nc1cccc(CN2CCCN(CC(=O)N3CCCC3)CC2)c1. The van der Waals surface area contributed by atoms with Gasteiger partial charge in [-0.3, -0.25) is 14.6 Å². The Kier molecular flexibility index (Phi) is 5.51. The van der Waals surface area contributed by atoms with Crippen LogP contribution in [0.15, 0.2) is 24.3 Å². The molecule has 5 heteroatoms. The van der Waals surface area contributed by atoms with E-state index < -0.39 is 0 Å². The lowest BCUT2D eigenvalue weighted by atomic mass is 10.2. The number of anilines is 1. The summed E-state index contributed by atoms with van der Waals surface area (Å²) in [5, 5.41) is 0. The normalized spacial score (nSPS) is 20.6. The molecule has 2 heterocycles. The summed E-state index contributed by atoms with van der Waals surface area (Å²) < 4.78 is 0. The number of nitrogens with zero attached hydrogens (tertiary/aromatic N) is 3. The van der Waals surface area contributed by atoms with E-state index in [2.05, 4.69) is 21.9 Å². The Hall–Kier alpha value is -1.59. The van der Waals surface area contributed by atoms with Crippen LogP contribution < -0.4 is 5.73 Å². The molecule has 3 rings (SSSR count). The minimum absolute atomic E-state index is 0.312.